The largest absolute Gasteiger partial charge is 0.381 e. The average molecular weight is 281 g/mol. The molecule has 0 aliphatic carbocycles. The fourth-order valence-corrected chi connectivity index (χ4v) is 2.92. The van der Waals surface area contributed by atoms with Crippen molar-refractivity contribution in [2.45, 2.75) is 39.7 Å². The van der Waals surface area contributed by atoms with Crippen LogP contribution in [0.2, 0.25) is 5.02 Å². The molecule has 106 valence electrons. The molecule has 0 atom stereocenters. The molecular weight excluding hydrogens is 256 g/mol. The maximum atomic E-state index is 6.24. The summed E-state index contributed by atoms with van der Waals surface area (Å²) in [5.74, 6) is 0.760. The number of piperidine rings is 1. The highest BCUT2D eigenvalue weighted by atomic mass is 35.5. The number of rotatable bonds is 4. The standard InChI is InChI=1S/C16H25ClN2/c1-12(2)11-19-8-6-14(7-9-19)18-16-10-13(3)4-5-15(16)17/h4-5,10,12,14,18H,6-9,11H2,1-3H3. The Morgan fingerprint density at radius 2 is 2.00 bits per heavy atom. The van der Waals surface area contributed by atoms with Crippen LogP contribution in [0, 0.1) is 12.8 Å². The van der Waals surface area contributed by atoms with Gasteiger partial charge >= 0.3 is 0 Å². The number of hydrogen-bond acceptors (Lipinski definition) is 2. The van der Waals surface area contributed by atoms with Gasteiger partial charge in [-0.25, -0.2) is 0 Å². The van der Waals surface area contributed by atoms with E-state index in [1.165, 1.54) is 38.0 Å². The van der Waals surface area contributed by atoms with Crippen molar-refractivity contribution in [3.8, 4) is 0 Å². The summed E-state index contributed by atoms with van der Waals surface area (Å²) in [4.78, 5) is 2.57. The smallest absolute Gasteiger partial charge is 0.0637 e. The fraction of sp³-hybridized carbons (Fsp3) is 0.625. The summed E-state index contributed by atoms with van der Waals surface area (Å²) in [7, 11) is 0. The van der Waals surface area contributed by atoms with Crippen molar-refractivity contribution in [1.29, 1.82) is 0 Å². The van der Waals surface area contributed by atoms with Gasteiger partial charge in [-0.2, -0.15) is 0 Å². The van der Waals surface area contributed by atoms with Crippen molar-refractivity contribution in [2.75, 3.05) is 25.0 Å². The molecule has 0 aromatic heterocycles. The van der Waals surface area contributed by atoms with Gasteiger partial charge in [0.05, 0.1) is 10.7 Å². The SMILES string of the molecule is Cc1ccc(Cl)c(NC2CCN(CC(C)C)CC2)c1. The first-order chi connectivity index (χ1) is 9.04. The second kappa shape index (κ2) is 6.62. The monoisotopic (exact) mass is 280 g/mol. The van der Waals surface area contributed by atoms with Crippen LogP contribution in [-0.2, 0) is 0 Å². The van der Waals surface area contributed by atoms with E-state index in [0.29, 0.717) is 6.04 Å². The third kappa shape index (κ3) is 4.39. The molecule has 0 amide bonds. The molecule has 1 aromatic carbocycles. The minimum Gasteiger partial charge on any atom is -0.381 e. The first kappa shape index (κ1) is 14.7. The van der Waals surface area contributed by atoms with E-state index < -0.39 is 0 Å². The van der Waals surface area contributed by atoms with E-state index in [1.807, 2.05) is 6.07 Å². The fourth-order valence-electron chi connectivity index (χ4n) is 2.75. The van der Waals surface area contributed by atoms with E-state index >= 15 is 0 Å². The molecular formula is C16H25ClN2. The van der Waals surface area contributed by atoms with Crippen LogP contribution in [-0.4, -0.2) is 30.6 Å². The van der Waals surface area contributed by atoms with Gasteiger partial charge in [-0.15, -0.1) is 0 Å². The maximum absolute atomic E-state index is 6.24. The molecule has 1 heterocycles. The zero-order valence-electron chi connectivity index (χ0n) is 12.2. The summed E-state index contributed by atoms with van der Waals surface area (Å²) < 4.78 is 0. The number of aryl methyl sites for hydroxylation is 1. The summed E-state index contributed by atoms with van der Waals surface area (Å²) in [6.45, 7) is 10.3. The lowest BCUT2D eigenvalue weighted by Gasteiger charge is -2.34. The normalized spacial score (nSPS) is 17.9. The van der Waals surface area contributed by atoms with Crippen LogP contribution in [0.3, 0.4) is 0 Å². The van der Waals surface area contributed by atoms with Gasteiger partial charge in [0.1, 0.15) is 0 Å². The predicted octanol–water partition coefficient (Wildman–Crippen LogP) is 4.18. The third-order valence-electron chi connectivity index (χ3n) is 3.69. The van der Waals surface area contributed by atoms with E-state index in [9.17, 15) is 0 Å². The first-order valence-electron chi connectivity index (χ1n) is 7.29. The molecule has 0 bridgehead atoms. The van der Waals surface area contributed by atoms with Gasteiger partial charge in [-0.05, 0) is 43.4 Å². The Labute approximate surface area is 122 Å². The summed E-state index contributed by atoms with van der Waals surface area (Å²) in [5, 5.41) is 4.43. The van der Waals surface area contributed by atoms with Gasteiger partial charge < -0.3 is 10.2 Å². The summed E-state index contributed by atoms with van der Waals surface area (Å²) >= 11 is 6.24. The molecule has 0 radical (unpaired) electrons. The summed E-state index contributed by atoms with van der Waals surface area (Å²) in [5.41, 5.74) is 2.34. The van der Waals surface area contributed by atoms with Crippen LogP contribution in [0.1, 0.15) is 32.3 Å². The molecule has 3 heteroatoms. The molecule has 1 fully saturated rings. The van der Waals surface area contributed by atoms with Crippen molar-refractivity contribution in [1.82, 2.24) is 4.90 Å². The number of nitrogens with zero attached hydrogens (tertiary/aromatic N) is 1. The van der Waals surface area contributed by atoms with Crippen LogP contribution in [0.15, 0.2) is 18.2 Å². The van der Waals surface area contributed by atoms with Crippen LogP contribution >= 0.6 is 11.6 Å². The molecule has 1 N–H and O–H groups in total. The van der Waals surface area contributed by atoms with Crippen LogP contribution < -0.4 is 5.32 Å². The Balaban J connectivity index is 1.87. The molecule has 1 aliphatic rings. The quantitative estimate of drug-likeness (QED) is 0.890. The van der Waals surface area contributed by atoms with E-state index in [1.54, 1.807) is 0 Å². The summed E-state index contributed by atoms with van der Waals surface area (Å²) in [6, 6.07) is 6.73. The minimum absolute atomic E-state index is 0.558. The number of hydrogen-bond donors (Lipinski definition) is 1. The Bertz CT molecular complexity index is 409. The molecule has 1 aromatic rings. The Morgan fingerprint density at radius 3 is 2.63 bits per heavy atom. The van der Waals surface area contributed by atoms with Gasteiger partial charge in [0.25, 0.3) is 0 Å². The summed E-state index contributed by atoms with van der Waals surface area (Å²) in [6.07, 6.45) is 2.41. The van der Waals surface area contributed by atoms with Gasteiger partial charge in [0.15, 0.2) is 0 Å². The highest BCUT2D eigenvalue weighted by Crippen LogP contribution is 2.25. The van der Waals surface area contributed by atoms with E-state index in [2.05, 4.69) is 43.1 Å². The van der Waals surface area contributed by atoms with Crippen molar-refractivity contribution in [2.24, 2.45) is 5.92 Å². The molecule has 1 aliphatic heterocycles. The Hall–Kier alpha value is -0.730. The number of halogens is 1. The van der Waals surface area contributed by atoms with Gasteiger partial charge in [-0.3, -0.25) is 0 Å². The lowest BCUT2D eigenvalue weighted by atomic mass is 10.0. The molecule has 0 unspecified atom stereocenters. The van der Waals surface area contributed by atoms with E-state index in [-0.39, 0.29) is 0 Å². The molecule has 2 rings (SSSR count). The van der Waals surface area contributed by atoms with Crippen molar-refractivity contribution in [3.63, 3.8) is 0 Å². The van der Waals surface area contributed by atoms with Crippen molar-refractivity contribution < 1.29 is 0 Å². The van der Waals surface area contributed by atoms with Crippen LogP contribution in [0.4, 0.5) is 5.69 Å². The number of anilines is 1. The topological polar surface area (TPSA) is 15.3 Å². The molecule has 0 saturated carbocycles. The lowest BCUT2D eigenvalue weighted by Crippen LogP contribution is -2.40. The number of benzene rings is 1. The third-order valence-corrected chi connectivity index (χ3v) is 4.02. The number of likely N-dealkylation sites (tertiary alicyclic amines) is 1. The van der Waals surface area contributed by atoms with Gasteiger partial charge in [0, 0.05) is 25.7 Å². The zero-order valence-corrected chi connectivity index (χ0v) is 13.0. The highest BCUT2D eigenvalue weighted by Gasteiger charge is 2.19. The van der Waals surface area contributed by atoms with Gasteiger partial charge in [0.2, 0.25) is 0 Å². The molecule has 19 heavy (non-hydrogen) atoms. The highest BCUT2D eigenvalue weighted by molar-refractivity contribution is 6.33. The molecule has 2 nitrogen and oxygen atoms in total. The van der Waals surface area contributed by atoms with E-state index in [4.69, 9.17) is 11.6 Å². The van der Waals surface area contributed by atoms with E-state index in [0.717, 1.165) is 16.6 Å². The molecule has 0 spiro atoms. The second-order valence-corrected chi connectivity index (χ2v) is 6.50. The zero-order chi connectivity index (χ0) is 13.8. The average Bonchev–Trinajstić information content (AvgIpc) is 2.35. The lowest BCUT2D eigenvalue weighted by molar-refractivity contribution is 0.198. The first-order valence-corrected chi connectivity index (χ1v) is 7.67. The maximum Gasteiger partial charge on any atom is 0.0637 e. The number of nitrogens with one attached hydrogen (secondary N) is 1. The predicted molar refractivity (Wildman–Crippen MR) is 84.1 cm³/mol. The van der Waals surface area contributed by atoms with Crippen LogP contribution in [0.5, 0.6) is 0 Å². The Kier molecular flexibility index (Phi) is 5.12. The van der Waals surface area contributed by atoms with Crippen molar-refractivity contribution in [3.05, 3.63) is 28.8 Å². The Morgan fingerprint density at radius 1 is 1.32 bits per heavy atom. The van der Waals surface area contributed by atoms with Crippen molar-refractivity contribution >= 4 is 17.3 Å². The van der Waals surface area contributed by atoms with Crippen LogP contribution in [0.25, 0.3) is 0 Å². The minimum atomic E-state index is 0.558. The molecule has 1 saturated heterocycles. The second-order valence-electron chi connectivity index (χ2n) is 6.10. The van der Waals surface area contributed by atoms with Gasteiger partial charge in [-0.1, -0.05) is 31.5 Å².